The third-order valence-electron chi connectivity index (χ3n) is 5.75. The fourth-order valence-electron chi connectivity index (χ4n) is 4.20. The number of nitrogens with zero attached hydrogens (tertiary/aromatic N) is 4. The molecule has 0 spiro atoms. The zero-order valence-electron chi connectivity index (χ0n) is 16.3. The molecule has 0 bridgehead atoms. The fraction of sp³-hybridized carbons (Fsp3) is 0.778. The first-order valence-electron chi connectivity index (χ1n) is 9.57. The van der Waals surface area contributed by atoms with Gasteiger partial charge in [-0.05, 0) is 32.9 Å². The summed E-state index contributed by atoms with van der Waals surface area (Å²) in [5, 5.41) is 16.2. The van der Waals surface area contributed by atoms with Crippen LogP contribution in [0.3, 0.4) is 0 Å². The number of aromatic nitrogens is 2. The Hall–Kier alpha value is -2.00. The van der Waals surface area contributed by atoms with Gasteiger partial charge in [-0.15, -0.1) is 0 Å². The first kappa shape index (κ1) is 19.8. The van der Waals surface area contributed by atoms with Crippen LogP contribution < -0.4 is 5.32 Å². The molecule has 0 unspecified atom stereocenters. The van der Waals surface area contributed by atoms with Gasteiger partial charge in [0.1, 0.15) is 6.61 Å². The SMILES string of the molecule is CC(C)c1nc(CNC(=O)[C@@]23CCCN(C(=O)CO)[C@H]2CN(C)CC3)no1. The van der Waals surface area contributed by atoms with Crippen LogP contribution in [0, 0.1) is 5.41 Å². The minimum atomic E-state index is -0.639. The van der Waals surface area contributed by atoms with Crippen molar-refractivity contribution in [2.45, 2.75) is 51.6 Å². The van der Waals surface area contributed by atoms with E-state index < -0.39 is 12.0 Å². The number of hydrogen-bond donors (Lipinski definition) is 2. The number of likely N-dealkylation sites (N-methyl/N-ethyl adjacent to an activating group) is 1. The fourth-order valence-corrected chi connectivity index (χ4v) is 4.20. The van der Waals surface area contributed by atoms with Crippen LogP contribution in [0.2, 0.25) is 0 Å². The summed E-state index contributed by atoms with van der Waals surface area (Å²) in [5.74, 6) is 0.744. The van der Waals surface area contributed by atoms with E-state index in [1.807, 2.05) is 20.9 Å². The van der Waals surface area contributed by atoms with Crippen LogP contribution in [0.15, 0.2) is 4.52 Å². The van der Waals surface area contributed by atoms with Crippen molar-refractivity contribution in [2.24, 2.45) is 5.41 Å². The second-order valence-electron chi connectivity index (χ2n) is 7.92. The minimum absolute atomic E-state index is 0.0769. The van der Waals surface area contributed by atoms with Gasteiger partial charge in [0.15, 0.2) is 5.82 Å². The molecule has 0 aliphatic carbocycles. The van der Waals surface area contributed by atoms with E-state index in [4.69, 9.17) is 4.52 Å². The summed E-state index contributed by atoms with van der Waals surface area (Å²) >= 11 is 0. The maximum atomic E-state index is 13.2. The Kier molecular flexibility index (Phi) is 5.81. The number of hydrogen-bond acceptors (Lipinski definition) is 7. The molecule has 1 aromatic heterocycles. The number of nitrogens with one attached hydrogen (secondary N) is 1. The van der Waals surface area contributed by atoms with Crippen LogP contribution in [0.1, 0.15) is 50.7 Å². The number of aliphatic hydroxyl groups excluding tert-OH is 1. The molecular formula is C18H29N5O4. The van der Waals surface area contributed by atoms with Gasteiger partial charge in [-0.1, -0.05) is 19.0 Å². The molecule has 2 aliphatic rings. The van der Waals surface area contributed by atoms with E-state index in [0.717, 1.165) is 19.4 Å². The first-order chi connectivity index (χ1) is 12.9. The van der Waals surface area contributed by atoms with Crippen LogP contribution >= 0.6 is 0 Å². The Balaban J connectivity index is 1.75. The highest BCUT2D eigenvalue weighted by atomic mass is 16.5. The number of piperidine rings is 2. The summed E-state index contributed by atoms with van der Waals surface area (Å²) < 4.78 is 5.19. The average molecular weight is 379 g/mol. The van der Waals surface area contributed by atoms with Gasteiger partial charge in [-0.2, -0.15) is 4.98 Å². The van der Waals surface area contributed by atoms with Gasteiger partial charge in [-0.25, -0.2) is 0 Å². The Morgan fingerprint density at radius 1 is 1.37 bits per heavy atom. The third kappa shape index (κ3) is 3.84. The summed E-state index contributed by atoms with van der Waals surface area (Å²) in [5.41, 5.74) is -0.639. The minimum Gasteiger partial charge on any atom is -0.387 e. The molecule has 2 aliphatic heterocycles. The molecule has 2 amide bonds. The highest BCUT2D eigenvalue weighted by molar-refractivity contribution is 5.86. The standard InChI is InChI=1S/C18H29N5O4/c1-12(2)16-20-14(21-27-16)9-19-17(26)18-5-4-7-23(15(25)11-24)13(18)10-22(3)8-6-18/h12-13,24H,4-11H2,1-3H3,(H,19,26)/t13-,18+/m0/s1. The molecule has 0 saturated carbocycles. The van der Waals surface area contributed by atoms with Crippen LogP contribution in [-0.2, 0) is 16.1 Å². The van der Waals surface area contributed by atoms with Gasteiger partial charge in [0.25, 0.3) is 0 Å². The van der Waals surface area contributed by atoms with E-state index in [-0.39, 0.29) is 30.3 Å². The Labute approximate surface area is 159 Å². The van der Waals surface area contributed by atoms with Crippen molar-refractivity contribution in [2.75, 3.05) is 33.3 Å². The van der Waals surface area contributed by atoms with Gasteiger partial charge >= 0.3 is 0 Å². The molecule has 1 aromatic rings. The monoisotopic (exact) mass is 379 g/mol. The molecule has 2 fully saturated rings. The molecule has 9 nitrogen and oxygen atoms in total. The molecule has 3 heterocycles. The lowest BCUT2D eigenvalue weighted by Crippen LogP contribution is -2.66. The molecule has 150 valence electrons. The molecule has 2 atom stereocenters. The zero-order chi connectivity index (χ0) is 19.6. The summed E-state index contributed by atoms with van der Waals surface area (Å²) in [7, 11) is 1.99. The van der Waals surface area contributed by atoms with Gasteiger partial charge < -0.3 is 24.7 Å². The molecule has 9 heteroatoms. The number of rotatable bonds is 5. The predicted octanol–water partition coefficient (Wildman–Crippen LogP) is 0.114. The predicted molar refractivity (Wildman–Crippen MR) is 96.6 cm³/mol. The molecule has 0 radical (unpaired) electrons. The van der Waals surface area contributed by atoms with Crippen molar-refractivity contribution < 1.29 is 19.2 Å². The van der Waals surface area contributed by atoms with Crippen molar-refractivity contribution in [3.8, 4) is 0 Å². The third-order valence-corrected chi connectivity index (χ3v) is 5.75. The normalized spacial score (nSPS) is 26.1. The van der Waals surface area contributed by atoms with Gasteiger partial charge in [0, 0.05) is 19.0 Å². The first-order valence-corrected chi connectivity index (χ1v) is 9.57. The van der Waals surface area contributed by atoms with E-state index >= 15 is 0 Å². The average Bonchev–Trinajstić information content (AvgIpc) is 3.14. The van der Waals surface area contributed by atoms with E-state index in [0.29, 0.717) is 31.2 Å². The maximum absolute atomic E-state index is 13.2. The number of likely N-dealkylation sites (tertiary alicyclic amines) is 2. The van der Waals surface area contributed by atoms with Crippen molar-refractivity contribution in [1.29, 1.82) is 0 Å². The number of aliphatic hydroxyl groups is 1. The lowest BCUT2D eigenvalue weighted by Gasteiger charge is -2.53. The van der Waals surface area contributed by atoms with Crippen LogP contribution in [-0.4, -0.2) is 76.2 Å². The van der Waals surface area contributed by atoms with Crippen LogP contribution in [0.4, 0.5) is 0 Å². The zero-order valence-corrected chi connectivity index (χ0v) is 16.3. The molecule has 0 aromatic carbocycles. The van der Waals surface area contributed by atoms with Crippen molar-refractivity contribution in [1.82, 2.24) is 25.3 Å². The molecule has 27 heavy (non-hydrogen) atoms. The van der Waals surface area contributed by atoms with E-state index in [1.165, 1.54) is 0 Å². The Bertz CT molecular complexity index is 691. The summed E-state index contributed by atoms with van der Waals surface area (Å²) in [6, 6.07) is -0.235. The van der Waals surface area contributed by atoms with E-state index in [9.17, 15) is 14.7 Å². The number of fused-ring (bicyclic) bond motifs is 1. The van der Waals surface area contributed by atoms with E-state index in [2.05, 4.69) is 20.4 Å². The lowest BCUT2D eigenvalue weighted by atomic mass is 9.67. The maximum Gasteiger partial charge on any atom is 0.248 e. The second-order valence-corrected chi connectivity index (χ2v) is 7.92. The van der Waals surface area contributed by atoms with Gasteiger partial charge in [-0.3, -0.25) is 9.59 Å². The molecule has 2 N–H and O–H groups in total. The van der Waals surface area contributed by atoms with Crippen LogP contribution in [0.5, 0.6) is 0 Å². The van der Waals surface area contributed by atoms with E-state index in [1.54, 1.807) is 4.90 Å². The smallest absolute Gasteiger partial charge is 0.248 e. The summed E-state index contributed by atoms with van der Waals surface area (Å²) in [6.45, 7) is 5.60. The highest BCUT2D eigenvalue weighted by Gasteiger charge is 2.53. The van der Waals surface area contributed by atoms with Crippen molar-refractivity contribution >= 4 is 11.8 Å². The summed E-state index contributed by atoms with van der Waals surface area (Å²) in [4.78, 5) is 33.6. The van der Waals surface area contributed by atoms with Crippen molar-refractivity contribution in [3.63, 3.8) is 0 Å². The van der Waals surface area contributed by atoms with Gasteiger partial charge in [0.2, 0.25) is 17.7 Å². The summed E-state index contributed by atoms with van der Waals surface area (Å²) in [6.07, 6.45) is 2.16. The Morgan fingerprint density at radius 2 is 2.15 bits per heavy atom. The topological polar surface area (TPSA) is 112 Å². The van der Waals surface area contributed by atoms with Crippen molar-refractivity contribution in [3.05, 3.63) is 11.7 Å². The largest absolute Gasteiger partial charge is 0.387 e. The number of carbonyl (C=O) groups is 2. The molecule has 2 saturated heterocycles. The molecular weight excluding hydrogens is 350 g/mol. The van der Waals surface area contributed by atoms with Crippen LogP contribution in [0.25, 0.3) is 0 Å². The number of amides is 2. The lowest BCUT2D eigenvalue weighted by molar-refractivity contribution is -0.155. The Morgan fingerprint density at radius 3 is 2.81 bits per heavy atom. The highest BCUT2D eigenvalue weighted by Crippen LogP contribution is 2.42. The quantitative estimate of drug-likeness (QED) is 0.747. The molecule has 3 rings (SSSR count). The number of carbonyl (C=O) groups excluding carboxylic acids is 2. The van der Waals surface area contributed by atoms with Gasteiger partial charge in [0.05, 0.1) is 18.0 Å². The second kappa shape index (κ2) is 7.93.